The third kappa shape index (κ3) is 3.76. The van der Waals surface area contributed by atoms with Crippen LogP contribution in [0.4, 0.5) is 4.39 Å². The van der Waals surface area contributed by atoms with Gasteiger partial charge in [-0.2, -0.15) is 0 Å². The number of hydrogen-bond donors (Lipinski definition) is 1. The molecule has 0 aliphatic rings. The molecule has 0 bridgehead atoms. The van der Waals surface area contributed by atoms with Crippen molar-refractivity contribution in [3.63, 3.8) is 0 Å². The summed E-state index contributed by atoms with van der Waals surface area (Å²) in [5, 5.41) is 9.35. The maximum absolute atomic E-state index is 13.3. The molecule has 0 aliphatic heterocycles. The van der Waals surface area contributed by atoms with E-state index in [0.29, 0.717) is 17.4 Å². The summed E-state index contributed by atoms with van der Waals surface area (Å²) in [6, 6.07) is 2.60. The monoisotopic (exact) mass is 331 g/mol. The lowest BCUT2D eigenvalue weighted by molar-refractivity contribution is -0.149. The van der Waals surface area contributed by atoms with Crippen LogP contribution in [0.25, 0.3) is 0 Å². The highest BCUT2D eigenvalue weighted by molar-refractivity contribution is 9.10. The van der Waals surface area contributed by atoms with E-state index in [1.165, 1.54) is 24.0 Å². The Morgan fingerprint density at radius 1 is 1.47 bits per heavy atom. The molecule has 1 N–H and O–H groups in total. The smallest absolute Gasteiger partial charge is 0.331 e. The zero-order valence-electron chi connectivity index (χ0n) is 10.7. The fraction of sp³-hybridized carbons (Fsp3) is 0.385. The van der Waals surface area contributed by atoms with Crippen molar-refractivity contribution in [2.75, 3.05) is 6.54 Å². The molecule has 19 heavy (non-hydrogen) atoms. The van der Waals surface area contributed by atoms with Gasteiger partial charge in [0.15, 0.2) is 6.04 Å². The minimum Gasteiger partial charge on any atom is -0.479 e. The Labute approximate surface area is 119 Å². The first-order valence-electron chi connectivity index (χ1n) is 5.83. The highest BCUT2D eigenvalue weighted by Crippen LogP contribution is 2.29. The Morgan fingerprint density at radius 3 is 2.58 bits per heavy atom. The molecule has 0 aromatic heterocycles. The van der Waals surface area contributed by atoms with Gasteiger partial charge in [-0.15, -0.1) is 0 Å². The molecule has 0 aliphatic carbocycles. The van der Waals surface area contributed by atoms with Gasteiger partial charge in [-0.05, 0) is 24.6 Å². The summed E-state index contributed by atoms with van der Waals surface area (Å²) < 4.78 is 13.8. The van der Waals surface area contributed by atoms with Crippen molar-refractivity contribution >= 4 is 27.8 Å². The van der Waals surface area contributed by atoms with Crippen LogP contribution >= 0.6 is 15.9 Å². The second kappa shape index (κ2) is 6.65. The molecule has 104 valence electrons. The van der Waals surface area contributed by atoms with Gasteiger partial charge in [0.1, 0.15) is 5.82 Å². The van der Waals surface area contributed by atoms with Gasteiger partial charge in [-0.3, -0.25) is 4.79 Å². The molecule has 0 fully saturated rings. The molecule has 4 nitrogen and oxygen atoms in total. The van der Waals surface area contributed by atoms with Crippen molar-refractivity contribution in [1.29, 1.82) is 0 Å². The SMILES string of the molecule is CCCN(C(C)=O)C(C(=O)O)c1cc(F)ccc1Br. The van der Waals surface area contributed by atoms with E-state index in [4.69, 9.17) is 0 Å². The molecule has 1 rings (SSSR count). The van der Waals surface area contributed by atoms with Gasteiger partial charge >= 0.3 is 5.97 Å². The van der Waals surface area contributed by atoms with Gasteiger partial charge in [-0.25, -0.2) is 9.18 Å². The predicted octanol–water partition coefficient (Wildman–Crippen LogP) is 2.97. The maximum Gasteiger partial charge on any atom is 0.331 e. The van der Waals surface area contributed by atoms with Gasteiger partial charge < -0.3 is 10.0 Å². The van der Waals surface area contributed by atoms with Crippen molar-refractivity contribution in [2.45, 2.75) is 26.3 Å². The minimum absolute atomic E-state index is 0.233. The van der Waals surface area contributed by atoms with Crippen LogP contribution in [0.3, 0.4) is 0 Å². The number of aliphatic carboxylic acids is 1. The Morgan fingerprint density at radius 2 is 2.11 bits per heavy atom. The number of hydrogen-bond acceptors (Lipinski definition) is 2. The first kappa shape index (κ1) is 15.6. The molecule has 1 unspecified atom stereocenters. The van der Waals surface area contributed by atoms with E-state index in [1.807, 2.05) is 6.92 Å². The van der Waals surface area contributed by atoms with Crippen molar-refractivity contribution in [2.24, 2.45) is 0 Å². The van der Waals surface area contributed by atoms with Gasteiger partial charge in [0.25, 0.3) is 0 Å². The Bertz CT molecular complexity index is 493. The Hall–Kier alpha value is -1.43. The molecule has 1 amide bonds. The van der Waals surface area contributed by atoms with Crippen LogP contribution in [-0.4, -0.2) is 28.4 Å². The van der Waals surface area contributed by atoms with Crippen molar-refractivity contribution in [1.82, 2.24) is 4.90 Å². The molecule has 0 heterocycles. The van der Waals surface area contributed by atoms with E-state index in [1.54, 1.807) is 0 Å². The van der Waals surface area contributed by atoms with Crippen LogP contribution in [0.15, 0.2) is 22.7 Å². The average Bonchev–Trinajstić information content (AvgIpc) is 2.32. The van der Waals surface area contributed by atoms with E-state index in [0.717, 1.165) is 6.07 Å². The van der Waals surface area contributed by atoms with E-state index < -0.39 is 17.8 Å². The van der Waals surface area contributed by atoms with Gasteiger partial charge in [0.05, 0.1) is 0 Å². The van der Waals surface area contributed by atoms with E-state index in [9.17, 15) is 19.1 Å². The number of carboxylic acid groups (broad SMARTS) is 1. The summed E-state index contributed by atoms with van der Waals surface area (Å²) in [4.78, 5) is 24.3. The summed E-state index contributed by atoms with van der Waals surface area (Å²) in [6.45, 7) is 3.45. The number of carbonyl (C=O) groups is 2. The van der Waals surface area contributed by atoms with Crippen LogP contribution in [0, 0.1) is 5.82 Å². The molecular formula is C13H15BrFNO3. The zero-order chi connectivity index (χ0) is 14.6. The zero-order valence-corrected chi connectivity index (χ0v) is 12.3. The van der Waals surface area contributed by atoms with Gasteiger partial charge in [-0.1, -0.05) is 22.9 Å². The van der Waals surface area contributed by atoms with Gasteiger partial charge in [0.2, 0.25) is 5.91 Å². The normalized spacial score (nSPS) is 12.0. The number of benzene rings is 1. The lowest BCUT2D eigenvalue weighted by atomic mass is 10.0. The fourth-order valence-corrected chi connectivity index (χ4v) is 2.33. The third-order valence-corrected chi connectivity index (χ3v) is 3.39. The molecular weight excluding hydrogens is 317 g/mol. The average molecular weight is 332 g/mol. The number of rotatable bonds is 5. The topological polar surface area (TPSA) is 57.6 Å². The molecule has 1 atom stereocenters. The number of halogens is 2. The van der Waals surface area contributed by atoms with E-state index in [-0.39, 0.29) is 11.5 Å². The lowest BCUT2D eigenvalue weighted by Crippen LogP contribution is -2.38. The molecule has 0 radical (unpaired) electrons. The lowest BCUT2D eigenvalue weighted by Gasteiger charge is -2.28. The number of carboxylic acids is 1. The second-order valence-corrected chi connectivity index (χ2v) is 4.97. The van der Waals surface area contributed by atoms with Gasteiger partial charge in [0, 0.05) is 23.5 Å². The minimum atomic E-state index is -1.19. The number of nitrogens with zero attached hydrogens (tertiary/aromatic N) is 1. The molecule has 0 saturated heterocycles. The van der Waals surface area contributed by atoms with Crippen molar-refractivity contribution in [3.05, 3.63) is 34.1 Å². The van der Waals surface area contributed by atoms with Crippen LogP contribution in [0.2, 0.25) is 0 Å². The van der Waals surface area contributed by atoms with Crippen molar-refractivity contribution < 1.29 is 19.1 Å². The molecule has 1 aromatic carbocycles. The molecule has 6 heteroatoms. The number of carbonyl (C=O) groups excluding carboxylic acids is 1. The first-order valence-corrected chi connectivity index (χ1v) is 6.62. The van der Waals surface area contributed by atoms with E-state index >= 15 is 0 Å². The second-order valence-electron chi connectivity index (χ2n) is 4.12. The summed E-state index contributed by atoms with van der Waals surface area (Å²) in [7, 11) is 0. The Kier molecular flexibility index (Phi) is 5.47. The first-order chi connectivity index (χ1) is 8.88. The third-order valence-electron chi connectivity index (χ3n) is 2.67. The summed E-state index contributed by atoms with van der Waals surface area (Å²) in [5.41, 5.74) is 0.233. The molecule has 1 aromatic rings. The fourth-order valence-electron chi connectivity index (χ4n) is 1.87. The number of amides is 1. The maximum atomic E-state index is 13.3. The van der Waals surface area contributed by atoms with Crippen molar-refractivity contribution in [3.8, 4) is 0 Å². The highest BCUT2D eigenvalue weighted by Gasteiger charge is 2.30. The highest BCUT2D eigenvalue weighted by atomic mass is 79.9. The predicted molar refractivity (Wildman–Crippen MR) is 72.2 cm³/mol. The largest absolute Gasteiger partial charge is 0.479 e. The molecule has 0 spiro atoms. The van der Waals surface area contributed by atoms with Crippen LogP contribution < -0.4 is 0 Å². The summed E-state index contributed by atoms with van der Waals surface area (Å²) >= 11 is 3.20. The Balaban J connectivity index is 3.29. The van der Waals surface area contributed by atoms with Crippen LogP contribution in [0.1, 0.15) is 31.9 Å². The summed E-state index contributed by atoms with van der Waals surface area (Å²) in [5.74, 6) is -2.08. The van der Waals surface area contributed by atoms with E-state index in [2.05, 4.69) is 15.9 Å². The quantitative estimate of drug-likeness (QED) is 0.902. The molecule has 0 saturated carbocycles. The van der Waals surface area contributed by atoms with Crippen LogP contribution in [0.5, 0.6) is 0 Å². The summed E-state index contributed by atoms with van der Waals surface area (Å²) in [6.07, 6.45) is 0.621. The standard InChI is InChI=1S/C13H15BrFNO3/c1-3-6-16(8(2)17)12(13(18)19)10-7-9(15)4-5-11(10)14/h4-5,7,12H,3,6H2,1-2H3,(H,18,19). The van der Waals surface area contributed by atoms with Crippen LogP contribution in [-0.2, 0) is 9.59 Å².